The Bertz CT molecular complexity index is 632. The van der Waals surface area contributed by atoms with Gasteiger partial charge in [0.15, 0.2) is 0 Å². The fourth-order valence-corrected chi connectivity index (χ4v) is 3.35. The zero-order chi connectivity index (χ0) is 15.4. The van der Waals surface area contributed by atoms with Crippen LogP contribution in [0.2, 0.25) is 5.02 Å². The molecule has 0 aromatic heterocycles. The van der Waals surface area contributed by atoms with Crippen LogP contribution in [0.1, 0.15) is 22.9 Å². The molecule has 5 heteroatoms. The zero-order valence-electron chi connectivity index (χ0n) is 11.7. The molecular weight excluding hydrogens is 419 g/mol. The summed E-state index contributed by atoms with van der Waals surface area (Å²) in [7, 11) is 1.65. The Morgan fingerprint density at radius 1 is 1.10 bits per heavy atom. The third kappa shape index (κ3) is 3.93. The lowest BCUT2D eigenvalue weighted by atomic mass is 10.0. The minimum atomic E-state index is -0.0785. The standard InChI is InChI=1S/C16H15Br2ClO2/c1-3-21-15-6-4-10(17)8-12(15)16(18)13-9-11(19)5-7-14(13)20-2/h4-9,16H,3H2,1-2H3. The van der Waals surface area contributed by atoms with E-state index in [1.807, 2.05) is 43.3 Å². The molecule has 0 aliphatic heterocycles. The van der Waals surface area contributed by atoms with Crippen molar-refractivity contribution in [1.29, 1.82) is 0 Å². The van der Waals surface area contributed by atoms with Crippen molar-refractivity contribution in [1.82, 2.24) is 0 Å². The molecule has 0 saturated heterocycles. The van der Waals surface area contributed by atoms with Crippen LogP contribution in [0.15, 0.2) is 40.9 Å². The first kappa shape index (κ1) is 16.7. The van der Waals surface area contributed by atoms with Crippen LogP contribution in [0, 0.1) is 0 Å². The van der Waals surface area contributed by atoms with E-state index in [1.165, 1.54) is 0 Å². The Hall–Kier alpha value is -0.710. The SMILES string of the molecule is CCOc1ccc(Br)cc1C(Br)c1cc(Cl)ccc1OC. The number of ether oxygens (including phenoxy) is 2. The molecule has 2 aromatic carbocycles. The number of hydrogen-bond acceptors (Lipinski definition) is 2. The molecule has 0 bridgehead atoms. The molecule has 112 valence electrons. The van der Waals surface area contributed by atoms with E-state index < -0.39 is 0 Å². The monoisotopic (exact) mass is 432 g/mol. The third-order valence-electron chi connectivity index (χ3n) is 3.01. The average Bonchev–Trinajstić information content (AvgIpc) is 2.48. The molecule has 0 N–H and O–H groups in total. The summed E-state index contributed by atoms with van der Waals surface area (Å²) in [6.45, 7) is 2.58. The van der Waals surface area contributed by atoms with Gasteiger partial charge in [-0.15, -0.1) is 0 Å². The fourth-order valence-electron chi connectivity index (χ4n) is 2.08. The average molecular weight is 435 g/mol. The molecule has 0 aliphatic carbocycles. The van der Waals surface area contributed by atoms with E-state index in [9.17, 15) is 0 Å². The summed E-state index contributed by atoms with van der Waals surface area (Å²) in [6.07, 6.45) is 0. The molecule has 0 heterocycles. The van der Waals surface area contributed by atoms with Gasteiger partial charge in [-0.2, -0.15) is 0 Å². The van der Waals surface area contributed by atoms with Crippen molar-refractivity contribution in [2.45, 2.75) is 11.8 Å². The Kier molecular flexibility index (Phi) is 5.97. The number of hydrogen-bond donors (Lipinski definition) is 0. The van der Waals surface area contributed by atoms with Crippen LogP contribution in [-0.2, 0) is 0 Å². The molecule has 0 amide bonds. The zero-order valence-corrected chi connectivity index (χ0v) is 15.6. The van der Waals surface area contributed by atoms with E-state index in [0.29, 0.717) is 11.6 Å². The number of methoxy groups -OCH3 is 1. The highest BCUT2D eigenvalue weighted by atomic mass is 79.9. The number of alkyl halides is 1. The van der Waals surface area contributed by atoms with Gasteiger partial charge in [0.05, 0.1) is 18.5 Å². The molecule has 21 heavy (non-hydrogen) atoms. The molecule has 0 spiro atoms. The maximum absolute atomic E-state index is 6.12. The van der Waals surface area contributed by atoms with Gasteiger partial charge < -0.3 is 9.47 Å². The van der Waals surface area contributed by atoms with Crippen LogP contribution in [0.5, 0.6) is 11.5 Å². The first-order valence-electron chi connectivity index (χ1n) is 6.46. The molecule has 0 aliphatic rings. The maximum atomic E-state index is 6.12. The molecule has 1 atom stereocenters. The summed E-state index contributed by atoms with van der Waals surface area (Å²) >= 11 is 13.4. The van der Waals surface area contributed by atoms with Crippen LogP contribution in [-0.4, -0.2) is 13.7 Å². The van der Waals surface area contributed by atoms with Crippen molar-refractivity contribution in [3.05, 3.63) is 57.0 Å². The summed E-state index contributed by atoms with van der Waals surface area (Å²) in [5.41, 5.74) is 1.98. The number of rotatable bonds is 5. The lowest BCUT2D eigenvalue weighted by molar-refractivity contribution is 0.337. The summed E-state index contributed by atoms with van der Waals surface area (Å²) < 4.78 is 12.1. The van der Waals surface area contributed by atoms with E-state index in [1.54, 1.807) is 7.11 Å². The van der Waals surface area contributed by atoms with Crippen molar-refractivity contribution in [3.8, 4) is 11.5 Å². The highest BCUT2D eigenvalue weighted by Gasteiger charge is 2.20. The van der Waals surface area contributed by atoms with Crippen molar-refractivity contribution in [2.24, 2.45) is 0 Å². The second kappa shape index (κ2) is 7.52. The fraction of sp³-hybridized carbons (Fsp3) is 0.250. The van der Waals surface area contributed by atoms with Crippen molar-refractivity contribution < 1.29 is 9.47 Å². The lowest BCUT2D eigenvalue weighted by Gasteiger charge is -2.18. The summed E-state index contributed by atoms with van der Waals surface area (Å²) in [5.74, 6) is 1.62. The summed E-state index contributed by atoms with van der Waals surface area (Å²) in [5, 5.41) is 0.670. The van der Waals surface area contributed by atoms with Crippen molar-refractivity contribution in [3.63, 3.8) is 0 Å². The molecule has 2 nitrogen and oxygen atoms in total. The lowest BCUT2D eigenvalue weighted by Crippen LogP contribution is -2.02. The Morgan fingerprint density at radius 3 is 2.43 bits per heavy atom. The van der Waals surface area contributed by atoms with Gasteiger partial charge in [-0.25, -0.2) is 0 Å². The van der Waals surface area contributed by atoms with E-state index in [0.717, 1.165) is 27.1 Å². The predicted molar refractivity (Wildman–Crippen MR) is 94.1 cm³/mol. The van der Waals surface area contributed by atoms with Crippen LogP contribution in [0.4, 0.5) is 0 Å². The van der Waals surface area contributed by atoms with E-state index in [-0.39, 0.29) is 4.83 Å². The van der Waals surface area contributed by atoms with Gasteiger partial charge in [0.25, 0.3) is 0 Å². The Labute approximate surface area is 146 Å². The molecule has 0 saturated carbocycles. The maximum Gasteiger partial charge on any atom is 0.124 e. The third-order valence-corrected chi connectivity index (χ3v) is 4.72. The molecule has 0 radical (unpaired) electrons. The van der Waals surface area contributed by atoms with Crippen molar-refractivity contribution >= 4 is 43.5 Å². The minimum Gasteiger partial charge on any atom is -0.496 e. The van der Waals surface area contributed by atoms with E-state index >= 15 is 0 Å². The quantitative estimate of drug-likeness (QED) is 0.538. The second-order valence-corrected chi connectivity index (χ2v) is 6.63. The van der Waals surface area contributed by atoms with Gasteiger partial charge in [-0.05, 0) is 43.3 Å². The van der Waals surface area contributed by atoms with Gasteiger partial charge in [0.1, 0.15) is 11.5 Å². The molecule has 2 rings (SSSR count). The summed E-state index contributed by atoms with van der Waals surface area (Å²) in [4.78, 5) is -0.0785. The molecule has 2 aromatic rings. The first-order chi connectivity index (χ1) is 10.1. The van der Waals surface area contributed by atoms with E-state index in [2.05, 4.69) is 31.9 Å². The topological polar surface area (TPSA) is 18.5 Å². The van der Waals surface area contributed by atoms with Gasteiger partial charge in [0, 0.05) is 20.6 Å². The number of halogens is 3. The van der Waals surface area contributed by atoms with Crippen LogP contribution >= 0.6 is 43.5 Å². The molecule has 0 fully saturated rings. The first-order valence-corrected chi connectivity index (χ1v) is 8.55. The predicted octanol–water partition coefficient (Wildman–Crippen LogP) is 5.99. The second-order valence-electron chi connectivity index (χ2n) is 4.36. The van der Waals surface area contributed by atoms with Crippen LogP contribution in [0.25, 0.3) is 0 Å². The molecular formula is C16H15Br2ClO2. The minimum absolute atomic E-state index is 0.0785. The van der Waals surface area contributed by atoms with Crippen LogP contribution in [0.3, 0.4) is 0 Å². The summed E-state index contributed by atoms with van der Waals surface area (Å²) in [6, 6.07) is 11.5. The van der Waals surface area contributed by atoms with E-state index in [4.69, 9.17) is 21.1 Å². The van der Waals surface area contributed by atoms with Crippen LogP contribution < -0.4 is 9.47 Å². The highest BCUT2D eigenvalue weighted by Crippen LogP contribution is 2.42. The van der Waals surface area contributed by atoms with Crippen molar-refractivity contribution in [2.75, 3.05) is 13.7 Å². The van der Waals surface area contributed by atoms with Gasteiger partial charge in [0.2, 0.25) is 0 Å². The largest absolute Gasteiger partial charge is 0.496 e. The Balaban J connectivity index is 2.51. The molecule has 1 unspecified atom stereocenters. The Morgan fingerprint density at radius 2 is 1.76 bits per heavy atom. The normalized spacial score (nSPS) is 12.0. The highest BCUT2D eigenvalue weighted by molar-refractivity contribution is 9.10. The smallest absolute Gasteiger partial charge is 0.124 e. The van der Waals surface area contributed by atoms with Gasteiger partial charge in [-0.1, -0.05) is 43.5 Å². The van der Waals surface area contributed by atoms with Gasteiger partial charge in [-0.3, -0.25) is 0 Å². The number of benzene rings is 2. The van der Waals surface area contributed by atoms with Gasteiger partial charge >= 0.3 is 0 Å².